The molecular formula is C27H36N6OS. The maximum atomic E-state index is 13.6. The molecule has 186 valence electrons. The molecule has 2 aliphatic rings. The van der Waals surface area contributed by atoms with E-state index in [1.807, 2.05) is 35.0 Å². The maximum absolute atomic E-state index is 13.6. The summed E-state index contributed by atoms with van der Waals surface area (Å²) in [4.78, 5) is 22.5. The lowest BCUT2D eigenvalue weighted by Crippen LogP contribution is -2.45. The number of pyridine rings is 1. The number of aryl methyl sites for hydroxylation is 1. The van der Waals surface area contributed by atoms with Gasteiger partial charge in [0, 0.05) is 44.6 Å². The lowest BCUT2D eigenvalue weighted by atomic mass is 10.0. The summed E-state index contributed by atoms with van der Waals surface area (Å²) in [6.07, 6.45) is 10.4. The third-order valence-electron chi connectivity index (χ3n) is 7.46. The number of aromatic nitrogens is 3. The Bertz CT molecular complexity index is 1180. The standard InChI is InChI=1S/C27H36N6OS/c34-27-32(17-7-16-30-14-4-1-5-15-30)24-9-2-3-10-25(24)33(27)23-11-18-31(19-12-23)26(35)29-21-22-8-6-13-28-20-22/h2-3,6,8-10,13,20,23H,1,4-5,7,11-12,14-19,21H2,(H,29,35). The van der Waals surface area contributed by atoms with E-state index in [2.05, 4.69) is 36.8 Å². The second-order valence-electron chi connectivity index (χ2n) is 9.79. The number of hydrogen-bond donors (Lipinski definition) is 1. The molecule has 0 radical (unpaired) electrons. The van der Waals surface area contributed by atoms with Gasteiger partial charge in [0.15, 0.2) is 5.11 Å². The molecule has 0 spiro atoms. The smallest absolute Gasteiger partial charge is 0.329 e. The molecule has 0 atom stereocenters. The highest BCUT2D eigenvalue weighted by molar-refractivity contribution is 7.80. The zero-order chi connectivity index (χ0) is 24.0. The zero-order valence-electron chi connectivity index (χ0n) is 20.4. The number of piperidine rings is 2. The summed E-state index contributed by atoms with van der Waals surface area (Å²) >= 11 is 5.65. The Balaban J connectivity index is 1.22. The molecule has 0 amide bonds. The van der Waals surface area contributed by atoms with Crippen LogP contribution in [-0.4, -0.2) is 61.8 Å². The number of fused-ring (bicyclic) bond motifs is 1. The van der Waals surface area contributed by atoms with E-state index in [0.29, 0.717) is 6.54 Å². The molecule has 0 aliphatic carbocycles. The van der Waals surface area contributed by atoms with E-state index < -0.39 is 0 Å². The molecule has 3 aromatic rings. The molecule has 2 fully saturated rings. The van der Waals surface area contributed by atoms with Gasteiger partial charge in [-0.3, -0.25) is 14.1 Å². The van der Waals surface area contributed by atoms with Crippen molar-refractivity contribution >= 4 is 28.4 Å². The van der Waals surface area contributed by atoms with Crippen molar-refractivity contribution in [2.45, 2.75) is 57.7 Å². The molecule has 2 aliphatic heterocycles. The average Bonchev–Trinajstić information content (AvgIpc) is 3.19. The molecule has 35 heavy (non-hydrogen) atoms. The monoisotopic (exact) mass is 492 g/mol. The van der Waals surface area contributed by atoms with Crippen LogP contribution in [0, 0.1) is 0 Å². The van der Waals surface area contributed by atoms with Gasteiger partial charge in [0.05, 0.1) is 11.0 Å². The fraction of sp³-hybridized carbons (Fsp3) is 0.519. The van der Waals surface area contributed by atoms with Gasteiger partial charge in [-0.15, -0.1) is 0 Å². The van der Waals surface area contributed by atoms with E-state index >= 15 is 0 Å². The average molecular weight is 493 g/mol. The van der Waals surface area contributed by atoms with E-state index in [1.54, 1.807) is 6.20 Å². The summed E-state index contributed by atoms with van der Waals surface area (Å²) in [5, 5.41) is 4.14. The number of imidazole rings is 1. The van der Waals surface area contributed by atoms with Crippen LogP contribution in [-0.2, 0) is 13.1 Å². The Kier molecular flexibility index (Phi) is 7.79. The lowest BCUT2D eigenvalue weighted by Gasteiger charge is -2.34. The Morgan fingerprint density at radius 2 is 1.74 bits per heavy atom. The highest BCUT2D eigenvalue weighted by Gasteiger charge is 2.26. The Labute approximate surface area is 212 Å². The van der Waals surface area contributed by atoms with E-state index in [4.69, 9.17) is 12.2 Å². The Morgan fingerprint density at radius 1 is 0.971 bits per heavy atom. The van der Waals surface area contributed by atoms with Gasteiger partial charge < -0.3 is 15.1 Å². The molecule has 2 saturated heterocycles. The van der Waals surface area contributed by atoms with E-state index in [-0.39, 0.29) is 11.7 Å². The Morgan fingerprint density at radius 3 is 2.49 bits per heavy atom. The second-order valence-corrected chi connectivity index (χ2v) is 10.2. The quantitative estimate of drug-likeness (QED) is 0.507. The number of nitrogens with one attached hydrogen (secondary N) is 1. The van der Waals surface area contributed by atoms with Crippen LogP contribution in [0.2, 0.25) is 0 Å². The number of para-hydroxylation sites is 2. The topological polar surface area (TPSA) is 58.3 Å². The molecule has 8 heteroatoms. The van der Waals surface area contributed by atoms with E-state index in [0.717, 1.165) is 67.2 Å². The predicted octanol–water partition coefficient (Wildman–Crippen LogP) is 3.79. The number of thiocarbonyl (C=S) groups is 1. The number of hydrogen-bond acceptors (Lipinski definition) is 4. The van der Waals surface area contributed by atoms with Gasteiger partial charge in [0.1, 0.15) is 0 Å². The summed E-state index contributed by atoms with van der Waals surface area (Å²) in [7, 11) is 0. The summed E-state index contributed by atoms with van der Waals surface area (Å²) in [6, 6.07) is 12.5. The highest BCUT2D eigenvalue weighted by atomic mass is 32.1. The summed E-state index contributed by atoms with van der Waals surface area (Å²) in [5.74, 6) is 0. The van der Waals surface area contributed by atoms with Gasteiger partial charge in [0.25, 0.3) is 0 Å². The molecular weight excluding hydrogens is 456 g/mol. The zero-order valence-corrected chi connectivity index (χ0v) is 21.3. The molecule has 2 aromatic heterocycles. The van der Waals surface area contributed by atoms with Gasteiger partial charge in [-0.1, -0.05) is 24.6 Å². The summed E-state index contributed by atoms with van der Waals surface area (Å²) in [6.45, 7) is 6.64. The van der Waals surface area contributed by atoms with Crippen LogP contribution in [0.1, 0.15) is 50.1 Å². The van der Waals surface area contributed by atoms with Crippen LogP contribution in [0.5, 0.6) is 0 Å². The largest absolute Gasteiger partial charge is 0.358 e. The van der Waals surface area contributed by atoms with Crippen molar-refractivity contribution in [2.75, 3.05) is 32.7 Å². The predicted molar refractivity (Wildman–Crippen MR) is 145 cm³/mol. The molecule has 7 nitrogen and oxygen atoms in total. The first-order valence-electron chi connectivity index (χ1n) is 13.0. The number of benzene rings is 1. The van der Waals surface area contributed by atoms with E-state index in [9.17, 15) is 4.79 Å². The van der Waals surface area contributed by atoms with Crippen molar-refractivity contribution in [3.63, 3.8) is 0 Å². The van der Waals surface area contributed by atoms with Gasteiger partial charge in [0.2, 0.25) is 0 Å². The molecule has 1 aromatic carbocycles. The highest BCUT2D eigenvalue weighted by Crippen LogP contribution is 2.26. The number of nitrogens with zero attached hydrogens (tertiary/aromatic N) is 5. The number of rotatable bonds is 7. The molecule has 0 unspecified atom stereocenters. The molecule has 4 heterocycles. The molecule has 1 N–H and O–H groups in total. The normalized spacial score (nSPS) is 17.7. The minimum atomic E-state index is 0.139. The Hall–Kier alpha value is -2.71. The molecule has 0 saturated carbocycles. The van der Waals surface area contributed by atoms with Crippen molar-refractivity contribution in [3.05, 3.63) is 64.8 Å². The van der Waals surface area contributed by atoms with Gasteiger partial charge in [-0.2, -0.15) is 0 Å². The first kappa shape index (κ1) is 24.0. The van der Waals surface area contributed by atoms with Crippen molar-refractivity contribution in [1.82, 2.24) is 29.2 Å². The fourth-order valence-corrected chi connectivity index (χ4v) is 5.81. The van der Waals surface area contributed by atoms with Crippen molar-refractivity contribution in [3.8, 4) is 0 Å². The van der Waals surface area contributed by atoms with Gasteiger partial charge >= 0.3 is 5.69 Å². The third kappa shape index (κ3) is 5.59. The molecule has 5 rings (SSSR count). The van der Waals surface area contributed by atoms with Crippen LogP contribution in [0.25, 0.3) is 11.0 Å². The summed E-state index contributed by atoms with van der Waals surface area (Å²) in [5.41, 5.74) is 3.38. The number of likely N-dealkylation sites (tertiary alicyclic amines) is 2. The van der Waals surface area contributed by atoms with Crippen molar-refractivity contribution in [2.24, 2.45) is 0 Å². The van der Waals surface area contributed by atoms with Gasteiger partial charge in [-0.25, -0.2) is 4.79 Å². The van der Waals surface area contributed by atoms with Crippen LogP contribution in [0.4, 0.5) is 0 Å². The van der Waals surface area contributed by atoms with Crippen LogP contribution >= 0.6 is 12.2 Å². The summed E-state index contributed by atoms with van der Waals surface area (Å²) < 4.78 is 4.06. The first-order chi connectivity index (χ1) is 17.2. The lowest BCUT2D eigenvalue weighted by molar-refractivity contribution is 0.222. The van der Waals surface area contributed by atoms with Crippen LogP contribution in [0.15, 0.2) is 53.6 Å². The van der Waals surface area contributed by atoms with Crippen molar-refractivity contribution < 1.29 is 0 Å². The maximum Gasteiger partial charge on any atom is 0.329 e. The van der Waals surface area contributed by atoms with E-state index in [1.165, 1.54) is 32.4 Å². The fourth-order valence-electron chi connectivity index (χ4n) is 5.56. The minimum Gasteiger partial charge on any atom is -0.358 e. The van der Waals surface area contributed by atoms with Crippen LogP contribution in [0.3, 0.4) is 0 Å². The van der Waals surface area contributed by atoms with Crippen molar-refractivity contribution in [1.29, 1.82) is 0 Å². The third-order valence-corrected chi connectivity index (χ3v) is 7.86. The second kappa shape index (κ2) is 11.4. The molecule has 0 bridgehead atoms. The minimum absolute atomic E-state index is 0.139. The van der Waals surface area contributed by atoms with Crippen LogP contribution < -0.4 is 11.0 Å². The SMILES string of the molecule is O=c1n(CCCN2CCCCC2)c2ccccc2n1C1CCN(C(=S)NCc2cccnc2)CC1. The van der Waals surface area contributed by atoms with Gasteiger partial charge in [-0.05, 0) is 87.7 Å². The first-order valence-corrected chi connectivity index (χ1v) is 13.5.